The Hall–Kier alpha value is -2.75. The van der Waals surface area contributed by atoms with E-state index in [4.69, 9.17) is 4.74 Å². The molecule has 2 aliphatic rings. The number of hydrogen-bond acceptors (Lipinski definition) is 7. The maximum absolute atomic E-state index is 14.9. The summed E-state index contributed by atoms with van der Waals surface area (Å²) in [7, 11) is 0. The van der Waals surface area contributed by atoms with Gasteiger partial charge in [0.15, 0.2) is 0 Å². The lowest BCUT2D eigenvalue weighted by Crippen LogP contribution is -2.33. The number of carbonyl (C=O) groups excluding carboxylic acids is 2. The quantitative estimate of drug-likeness (QED) is 0.780. The van der Waals surface area contributed by atoms with E-state index in [-0.39, 0.29) is 30.7 Å². The molecule has 2 aromatic rings. The third-order valence-electron chi connectivity index (χ3n) is 5.47. The zero-order chi connectivity index (χ0) is 21.3. The summed E-state index contributed by atoms with van der Waals surface area (Å²) < 4.78 is 20.2. The minimum atomic E-state index is -0.529. The summed E-state index contributed by atoms with van der Waals surface area (Å²) in [5, 5.41) is 12.8. The number of benzene rings is 1. The third-order valence-corrected chi connectivity index (χ3v) is 6.37. The summed E-state index contributed by atoms with van der Waals surface area (Å²) >= 11 is 1.57. The molecule has 2 fully saturated rings. The number of rotatable bonds is 5. The second-order valence-corrected chi connectivity index (χ2v) is 8.78. The third kappa shape index (κ3) is 4.38. The van der Waals surface area contributed by atoms with E-state index in [1.165, 1.54) is 17.9 Å². The van der Waals surface area contributed by atoms with Crippen molar-refractivity contribution >= 4 is 34.2 Å². The molecule has 10 heteroatoms. The van der Waals surface area contributed by atoms with Gasteiger partial charge in [0.05, 0.1) is 18.8 Å². The Morgan fingerprint density at radius 2 is 2.10 bits per heavy atom. The molecule has 1 aromatic heterocycles. The number of anilines is 2. The summed E-state index contributed by atoms with van der Waals surface area (Å²) in [5.41, 5.74) is 1.14. The number of cyclic esters (lactones) is 1. The number of carbonyl (C=O) groups is 2. The molecule has 2 aliphatic heterocycles. The van der Waals surface area contributed by atoms with Gasteiger partial charge < -0.3 is 15.0 Å². The number of piperidine rings is 1. The van der Waals surface area contributed by atoms with E-state index in [9.17, 15) is 14.0 Å². The number of ether oxygens (including phenoxy) is 1. The molecule has 3 heterocycles. The molecule has 160 valence electrons. The van der Waals surface area contributed by atoms with Crippen LogP contribution in [-0.4, -0.2) is 54.5 Å². The molecule has 1 atom stereocenters. The Labute approximate surface area is 178 Å². The number of halogens is 1. The predicted molar refractivity (Wildman–Crippen MR) is 112 cm³/mol. The Morgan fingerprint density at radius 3 is 2.73 bits per heavy atom. The lowest BCUT2D eigenvalue weighted by Gasteiger charge is -2.32. The van der Waals surface area contributed by atoms with E-state index in [1.54, 1.807) is 23.5 Å². The van der Waals surface area contributed by atoms with Crippen LogP contribution in [0, 0.1) is 12.7 Å². The molecule has 1 N–H and O–H groups in total. The maximum atomic E-state index is 14.9. The van der Waals surface area contributed by atoms with Gasteiger partial charge in [-0.3, -0.25) is 9.69 Å². The van der Waals surface area contributed by atoms with Crippen LogP contribution in [0.2, 0.25) is 0 Å². The second-order valence-electron chi connectivity index (χ2n) is 7.62. The van der Waals surface area contributed by atoms with Crippen molar-refractivity contribution in [1.82, 2.24) is 15.5 Å². The molecule has 30 heavy (non-hydrogen) atoms. The van der Waals surface area contributed by atoms with Gasteiger partial charge in [-0.2, -0.15) is 0 Å². The van der Waals surface area contributed by atoms with Crippen molar-refractivity contribution < 1.29 is 18.7 Å². The van der Waals surface area contributed by atoms with E-state index in [0.717, 1.165) is 36.1 Å². The molecule has 4 rings (SSSR count). The fourth-order valence-corrected chi connectivity index (χ4v) is 4.65. The van der Waals surface area contributed by atoms with Crippen LogP contribution in [0.15, 0.2) is 18.2 Å². The Balaban J connectivity index is 1.39. The Kier molecular flexibility index (Phi) is 5.85. The molecular formula is C20H24FN5O3S. The molecule has 2 saturated heterocycles. The molecule has 0 saturated carbocycles. The molecule has 2 amide bonds. The monoisotopic (exact) mass is 433 g/mol. The first-order valence-electron chi connectivity index (χ1n) is 9.98. The van der Waals surface area contributed by atoms with Gasteiger partial charge in [-0.25, -0.2) is 9.18 Å². The molecule has 1 unspecified atom stereocenters. The van der Waals surface area contributed by atoms with Crippen molar-refractivity contribution in [2.75, 3.05) is 36.0 Å². The van der Waals surface area contributed by atoms with Gasteiger partial charge in [-0.05, 0) is 43.4 Å². The summed E-state index contributed by atoms with van der Waals surface area (Å²) in [5.74, 6) is -0.370. The van der Waals surface area contributed by atoms with E-state index >= 15 is 0 Å². The molecule has 8 nitrogen and oxygen atoms in total. The highest BCUT2D eigenvalue weighted by Gasteiger charge is 2.33. The zero-order valence-electron chi connectivity index (χ0n) is 16.9. The summed E-state index contributed by atoms with van der Waals surface area (Å²) in [6.07, 6.45) is 0.689. The average Bonchev–Trinajstić information content (AvgIpc) is 3.32. The van der Waals surface area contributed by atoms with Crippen LogP contribution < -0.4 is 15.1 Å². The van der Waals surface area contributed by atoms with Gasteiger partial charge in [0.25, 0.3) is 0 Å². The van der Waals surface area contributed by atoms with Gasteiger partial charge in [-0.1, -0.05) is 17.4 Å². The minimum absolute atomic E-state index is 0.127. The molecular weight excluding hydrogens is 409 g/mol. The highest BCUT2D eigenvalue weighted by atomic mass is 32.1. The fraction of sp³-hybridized carbons (Fsp3) is 0.500. The fourth-order valence-electron chi connectivity index (χ4n) is 3.91. The molecule has 0 spiro atoms. The van der Waals surface area contributed by atoms with Crippen molar-refractivity contribution in [2.24, 2.45) is 0 Å². The van der Waals surface area contributed by atoms with E-state index in [1.807, 2.05) is 6.92 Å². The van der Waals surface area contributed by atoms with Crippen LogP contribution in [-0.2, 0) is 9.53 Å². The summed E-state index contributed by atoms with van der Waals surface area (Å²) in [6, 6.07) is 4.94. The number of nitrogens with one attached hydrogen (secondary N) is 1. The SMILES string of the molecule is CC(=O)NCC1CN(c2ccc(C3CCN(c4nnc(C)s4)CC3)c(F)c2)C(=O)O1. The minimum Gasteiger partial charge on any atom is -0.442 e. The number of amides is 2. The topological polar surface area (TPSA) is 87.7 Å². The van der Waals surface area contributed by atoms with Crippen molar-refractivity contribution in [3.63, 3.8) is 0 Å². The lowest BCUT2D eigenvalue weighted by atomic mass is 9.89. The summed E-state index contributed by atoms with van der Waals surface area (Å²) in [4.78, 5) is 26.8. The second kappa shape index (κ2) is 8.55. The van der Waals surface area contributed by atoms with E-state index in [2.05, 4.69) is 20.4 Å². The van der Waals surface area contributed by atoms with Gasteiger partial charge in [0.2, 0.25) is 11.0 Å². The van der Waals surface area contributed by atoms with Crippen molar-refractivity contribution in [3.8, 4) is 0 Å². The largest absolute Gasteiger partial charge is 0.442 e. The van der Waals surface area contributed by atoms with Crippen LogP contribution in [0.1, 0.15) is 36.3 Å². The highest BCUT2D eigenvalue weighted by Crippen LogP contribution is 2.34. The van der Waals surface area contributed by atoms with E-state index in [0.29, 0.717) is 11.3 Å². The van der Waals surface area contributed by atoms with Crippen LogP contribution >= 0.6 is 11.3 Å². The molecule has 0 bridgehead atoms. The maximum Gasteiger partial charge on any atom is 0.414 e. The van der Waals surface area contributed by atoms with Crippen LogP contribution in [0.3, 0.4) is 0 Å². The smallest absolute Gasteiger partial charge is 0.414 e. The van der Waals surface area contributed by atoms with Gasteiger partial charge in [0, 0.05) is 20.0 Å². The lowest BCUT2D eigenvalue weighted by molar-refractivity contribution is -0.119. The normalized spacial score (nSPS) is 19.8. The van der Waals surface area contributed by atoms with Crippen molar-refractivity contribution in [2.45, 2.75) is 38.7 Å². The first-order chi connectivity index (χ1) is 14.4. The van der Waals surface area contributed by atoms with Gasteiger partial charge in [-0.15, -0.1) is 10.2 Å². The Bertz CT molecular complexity index is 944. The summed E-state index contributed by atoms with van der Waals surface area (Å²) in [6.45, 7) is 5.47. The number of hydrogen-bond donors (Lipinski definition) is 1. The predicted octanol–water partition coefficient (Wildman–Crippen LogP) is 2.83. The van der Waals surface area contributed by atoms with Gasteiger partial charge >= 0.3 is 6.09 Å². The highest BCUT2D eigenvalue weighted by molar-refractivity contribution is 7.15. The zero-order valence-corrected chi connectivity index (χ0v) is 17.7. The number of aromatic nitrogens is 2. The molecule has 0 radical (unpaired) electrons. The standard InChI is InChI=1S/C20H24FN5O3S/c1-12(27)22-10-16-11-26(20(28)29-16)15-3-4-17(18(21)9-15)14-5-7-25(8-6-14)19-24-23-13(2)30-19/h3-4,9,14,16H,5-8,10-11H2,1-2H3,(H,22,27). The number of nitrogens with zero attached hydrogens (tertiary/aromatic N) is 4. The van der Waals surface area contributed by atoms with Crippen LogP contribution in [0.4, 0.5) is 20.0 Å². The average molecular weight is 434 g/mol. The van der Waals surface area contributed by atoms with Crippen molar-refractivity contribution in [1.29, 1.82) is 0 Å². The van der Waals surface area contributed by atoms with Crippen LogP contribution in [0.25, 0.3) is 0 Å². The van der Waals surface area contributed by atoms with E-state index < -0.39 is 12.2 Å². The Morgan fingerprint density at radius 1 is 1.33 bits per heavy atom. The van der Waals surface area contributed by atoms with Gasteiger partial charge in [0.1, 0.15) is 16.9 Å². The van der Waals surface area contributed by atoms with Crippen LogP contribution in [0.5, 0.6) is 0 Å². The molecule has 1 aromatic carbocycles. The van der Waals surface area contributed by atoms with Crippen molar-refractivity contribution in [3.05, 3.63) is 34.6 Å². The molecule has 0 aliphatic carbocycles. The first kappa shape index (κ1) is 20.5. The number of aryl methyl sites for hydroxylation is 1. The first-order valence-corrected chi connectivity index (χ1v) is 10.8.